The first-order valence-electron chi connectivity index (χ1n) is 22.1. The van der Waals surface area contributed by atoms with Crippen LogP contribution in [-0.2, 0) is 19.1 Å². The summed E-state index contributed by atoms with van der Waals surface area (Å²) in [5.41, 5.74) is -2.13. The number of likely N-dealkylation sites (tertiary alicyclic amines) is 3. The number of piperidine rings is 2. The Kier molecular flexibility index (Phi) is 18.7. The van der Waals surface area contributed by atoms with E-state index in [4.69, 9.17) is 21.1 Å². The zero-order valence-electron chi connectivity index (χ0n) is 39.5. The van der Waals surface area contributed by atoms with E-state index in [0.717, 1.165) is 71.0 Å². The number of carbonyl (C=O) groups excluding carboxylic acids is 6. The van der Waals surface area contributed by atoms with Crippen LogP contribution in [0.25, 0.3) is 0 Å². The number of anilines is 2. The third-order valence-corrected chi connectivity index (χ3v) is 11.1. The first kappa shape index (κ1) is 53.3. The molecule has 4 N–H and O–H groups in total. The fourth-order valence-corrected chi connectivity index (χ4v) is 8.28. The molecule has 0 unspecified atom stereocenters. The molecule has 3 aromatic rings. The molecule has 4 fully saturated rings. The predicted molar refractivity (Wildman–Crippen MR) is 248 cm³/mol. The number of ether oxygens (including phenoxy) is 3. The molecule has 0 saturated carbocycles. The number of non-ortho nitro benzene ring substituents is 1. The van der Waals surface area contributed by atoms with Gasteiger partial charge in [0, 0.05) is 93.2 Å². The fourth-order valence-electron chi connectivity index (χ4n) is 8.19. The maximum absolute atomic E-state index is 12.7. The summed E-state index contributed by atoms with van der Waals surface area (Å²) in [5.74, 6) is 0.814. The van der Waals surface area contributed by atoms with Gasteiger partial charge in [0.25, 0.3) is 5.69 Å². The highest BCUT2D eigenvalue weighted by atomic mass is 35.5. The second-order valence-corrected chi connectivity index (χ2v) is 18.8. The highest BCUT2D eigenvalue weighted by Gasteiger charge is 2.48. The van der Waals surface area contributed by atoms with Crippen LogP contribution in [-0.4, -0.2) is 137 Å². The number of aromatic nitrogens is 4. The Balaban J connectivity index is 0.000000214. The minimum atomic E-state index is -0.978. The third kappa shape index (κ3) is 16.5. The van der Waals surface area contributed by atoms with Crippen LogP contribution >= 0.6 is 11.6 Å². The number of aromatic amines is 1. The lowest BCUT2D eigenvalue weighted by Gasteiger charge is -2.44. The second kappa shape index (κ2) is 23.4. The molecule has 2 aromatic heterocycles. The number of hydrogen-bond acceptors (Lipinski definition) is 14. The van der Waals surface area contributed by atoms with Crippen LogP contribution in [0.5, 0.6) is 5.75 Å². The van der Waals surface area contributed by atoms with E-state index in [2.05, 4.69) is 36.0 Å². The zero-order chi connectivity index (χ0) is 49.6. The van der Waals surface area contributed by atoms with Crippen molar-refractivity contribution in [2.75, 3.05) is 49.9 Å². The molecule has 22 nitrogen and oxygen atoms in total. The molecule has 4 aliphatic rings. The van der Waals surface area contributed by atoms with Crippen molar-refractivity contribution in [3.63, 3.8) is 0 Å². The molecule has 0 bridgehead atoms. The Bertz CT molecular complexity index is 2160. The van der Waals surface area contributed by atoms with Gasteiger partial charge >= 0.3 is 23.6 Å². The summed E-state index contributed by atoms with van der Waals surface area (Å²) in [5, 5.41) is 29.0. The molecule has 67 heavy (non-hydrogen) atoms. The molecule has 0 radical (unpaired) electrons. The minimum Gasteiger partial charge on any atom is -0.444 e. The smallest absolute Gasteiger partial charge is 0.410 e. The topological polar surface area (TPSA) is 266 Å². The lowest BCUT2D eigenvalue weighted by Crippen LogP contribution is -2.56. The molecule has 6 heterocycles. The SMILES string of the molecule is CC(=O)Nc1ccn(C(=O)N2CCC3(CCCN3C(=O)OC(C)(C)C)CC2)n1.CC(=O)Nc1ccn[nH]1.CC(C)(C)OC(=O)N1CCCC12CCNCC2.O=C(Cl)Oc1ccc([N+](=O)[O-])cc1. The molecule has 2 spiro atoms. The predicted octanol–water partition coefficient (Wildman–Crippen LogP) is 7.52. The van der Waals surface area contributed by atoms with Crippen molar-refractivity contribution in [1.29, 1.82) is 0 Å². The Hall–Kier alpha value is -6.29. The molecule has 0 aliphatic carbocycles. The van der Waals surface area contributed by atoms with Crippen molar-refractivity contribution in [2.24, 2.45) is 0 Å². The van der Waals surface area contributed by atoms with Crippen LogP contribution in [0.4, 0.5) is 36.5 Å². The van der Waals surface area contributed by atoms with Gasteiger partial charge in [-0.05, 0) is 118 Å². The Morgan fingerprint density at radius 1 is 0.746 bits per heavy atom. The van der Waals surface area contributed by atoms with Gasteiger partial charge in [0.15, 0.2) is 5.82 Å². The molecular formula is C44H64ClN11O11. The van der Waals surface area contributed by atoms with Crippen molar-refractivity contribution >= 4 is 64.4 Å². The van der Waals surface area contributed by atoms with E-state index in [0.29, 0.717) is 31.3 Å². The third-order valence-electron chi connectivity index (χ3n) is 11.1. The molecule has 5 amide bonds. The maximum atomic E-state index is 12.7. The van der Waals surface area contributed by atoms with Gasteiger partial charge in [-0.2, -0.15) is 9.78 Å². The second-order valence-electron chi connectivity index (χ2n) is 18.5. The lowest BCUT2D eigenvalue weighted by atomic mass is 9.85. The average Bonchev–Trinajstić information content (AvgIpc) is 4.07. The summed E-state index contributed by atoms with van der Waals surface area (Å²) in [7, 11) is 0. The van der Waals surface area contributed by atoms with E-state index >= 15 is 0 Å². The number of benzene rings is 1. The van der Waals surface area contributed by atoms with Gasteiger partial charge in [-0.15, -0.1) is 5.10 Å². The zero-order valence-corrected chi connectivity index (χ0v) is 40.3. The molecule has 1 aromatic carbocycles. The van der Waals surface area contributed by atoms with Gasteiger partial charge in [0.1, 0.15) is 22.8 Å². The number of H-pyrrole nitrogens is 1. The summed E-state index contributed by atoms with van der Waals surface area (Å²) in [4.78, 5) is 84.5. The Morgan fingerprint density at radius 3 is 1.72 bits per heavy atom. The number of carbonyl (C=O) groups is 6. The molecule has 23 heteroatoms. The van der Waals surface area contributed by atoms with Crippen molar-refractivity contribution in [2.45, 2.75) is 129 Å². The van der Waals surface area contributed by atoms with Gasteiger partial charge in [-0.3, -0.25) is 24.8 Å². The normalized spacial score (nSPS) is 17.1. The van der Waals surface area contributed by atoms with E-state index in [1.54, 1.807) is 29.4 Å². The van der Waals surface area contributed by atoms with Gasteiger partial charge in [0.05, 0.1) is 11.1 Å². The summed E-state index contributed by atoms with van der Waals surface area (Å²) in [6, 6.07) is 8.06. The monoisotopic (exact) mass is 957 g/mol. The van der Waals surface area contributed by atoms with Crippen molar-refractivity contribution in [3.05, 3.63) is 58.9 Å². The fraction of sp³-hybridized carbons (Fsp3) is 0.591. The van der Waals surface area contributed by atoms with Crippen LogP contribution < -0.4 is 20.7 Å². The molecular weight excluding hydrogens is 894 g/mol. The Labute approximate surface area is 394 Å². The van der Waals surface area contributed by atoms with Gasteiger partial charge in [-0.25, -0.2) is 19.2 Å². The number of nitro benzene ring substituents is 1. The van der Waals surface area contributed by atoms with E-state index in [-0.39, 0.29) is 52.5 Å². The van der Waals surface area contributed by atoms with Crippen LogP contribution in [0.15, 0.2) is 48.8 Å². The number of amides is 5. The van der Waals surface area contributed by atoms with Gasteiger partial charge in [-0.1, -0.05) is 0 Å². The lowest BCUT2D eigenvalue weighted by molar-refractivity contribution is -0.384. The number of nitro groups is 1. The van der Waals surface area contributed by atoms with Gasteiger partial charge < -0.3 is 44.9 Å². The highest BCUT2D eigenvalue weighted by Crippen LogP contribution is 2.40. The number of nitrogens with one attached hydrogen (secondary N) is 4. The first-order valence-corrected chi connectivity index (χ1v) is 22.5. The summed E-state index contributed by atoms with van der Waals surface area (Å²) in [6.07, 6.45) is 10.4. The van der Waals surface area contributed by atoms with Crippen LogP contribution in [0.2, 0.25) is 0 Å². The van der Waals surface area contributed by atoms with E-state index in [1.807, 2.05) is 51.3 Å². The standard InChI is InChI=1S/C19H29N5O4.C13H24N2O2.C7H4ClNO4.C5H7N3O/c1-14(25)20-15-6-11-24(21-15)16(26)22-12-8-19(9-13-22)7-5-10-23(19)17(27)28-18(2,3)4;1-12(2,3)17-11(16)15-10-4-5-13(15)6-8-14-9-7-13;8-7(10)13-6-3-1-5(2-4-6)9(11)12;1-4(9)7-5-2-3-6-8-5/h6,11H,5,7-10,12-13H2,1-4H3,(H,20,21,25);14H,4-10H2,1-3H3;1-4H;2-3H,1H3,(H2,6,7,8,9). The van der Waals surface area contributed by atoms with E-state index < -0.39 is 21.6 Å². The highest BCUT2D eigenvalue weighted by molar-refractivity contribution is 6.61. The number of hydrogen-bond donors (Lipinski definition) is 4. The molecule has 368 valence electrons. The quantitative estimate of drug-likeness (QED) is 0.112. The van der Waals surface area contributed by atoms with Crippen LogP contribution in [0.1, 0.15) is 107 Å². The maximum Gasteiger partial charge on any atom is 0.410 e. The molecule has 7 rings (SSSR count). The Morgan fingerprint density at radius 2 is 1.27 bits per heavy atom. The molecule has 4 aliphatic heterocycles. The van der Waals surface area contributed by atoms with Crippen LogP contribution in [0, 0.1) is 10.1 Å². The van der Waals surface area contributed by atoms with Crippen LogP contribution in [0.3, 0.4) is 0 Å². The van der Waals surface area contributed by atoms with Crippen molar-refractivity contribution in [3.8, 4) is 5.75 Å². The number of rotatable bonds is 4. The van der Waals surface area contributed by atoms with E-state index in [9.17, 15) is 38.9 Å². The van der Waals surface area contributed by atoms with Gasteiger partial charge in [0.2, 0.25) is 11.8 Å². The van der Waals surface area contributed by atoms with E-state index in [1.165, 1.54) is 42.8 Å². The summed E-state index contributed by atoms with van der Waals surface area (Å²) < 4.78 is 16.8. The first-order chi connectivity index (χ1) is 31.4. The van der Waals surface area contributed by atoms with Crippen molar-refractivity contribution in [1.82, 2.24) is 40.0 Å². The number of nitrogens with zero attached hydrogens (tertiary/aromatic N) is 7. The summed E-state index contributed by atoms with van der Waals surface area (Å²) in [6.45, 7) is 18.9. The average molecular weight is 959 g/mol. The number of halogens is 1. The molecule has 0 atom stereocenters. The van der Waals surface area contributed by atoms with Crippen molar-refractivity contribution < 1.29 is 47.9 Å². The minimum absolute atomic E-state index is 0.0747. The summed E-state index contributed by atoms with van der Waals surface area (Å²) >= 11 is 4.92. The largest absolute Gasteiger partial charge is 0.444 e. The molecule has 4 saturated heterocycles.